The number of aromatic hydroxyl groups is 2. The van der Waals surface area contributed by atoms with Crippen LogP contribution in [0.25, 0.3) is 0 Å². The van der Waals surface area contributed by atoms with Crippen molar-refractivity contribution in [1.82, 2.24) is 9.80 Å². The smallest absolute Gasteiger partial charge is 0.258 e. The number of fused-ring (bicyclic) bond motifs is 4. The lowest BCUT2D eigenvalue weighted by Crippen LogP contribution is -2.47. The molecule has 0 saturated carbocycles. The Morgan fingerprint density at radius 2 is 1.81 bits per heavy atom. The summed E-state index contributed by atoms with van der Waals surface area (Å²) in [7, 11) is 0. The second kappa shape index (κ2) is 7.19. The van der Waals surface area contributed by atoms with Crippen LogP contribution in [0.5, 0.6) is 11.5 Å². The SMILES string of the molecule is O=C(c1cccc(O)c1O)N1C[C@H]2CC[C@@H]1CN(Cc1ccc(F)cc1)C2. The first kappa shape index (κ1) is 17.8. The molecule has 0 radical (unpaired) electrons. The van der Waals surface area contributed by atoms with Gasteiger partial charge in [-0.2, -0.15) is 0 Å². The molecule has 0 aromatic heterocycles. The van der Waals surface area contributed by atoms with Crippen LogP contribution in [0.2, 0.25) is 0 Å². The quantitative estimate of drug-likeness (QED) is 0.816. The molecule has 2 N–H and O–H groups in total. The van der Waals surface area contributed by atoms with E-state index in [1.807, 2.05) is 4.90 Å². The third-order valence-electron chi connectivity index (χ3n) is 5.61. The zero-order valence-electron chi connectivity index (χ0n) is 15.0. The van der Waals surface area contributed by atoms with E-state index in [0.717, 1.165) is 38.0 Å². The molecule has 0 spiro atoms. The largest absolute Gasteiger partial charge is 0.504 e. The highest BCUT2D eigenvalue weighted by Crippen LogP contribution is 2.34. The molecular weight excluding hydrogens is 347 g/mol. The Labute approximate surface area is 157 Å². The van der Waals surface area contributed by atoms with Crippen molar-refractivity contribution in [3.05, 3.63) is 59.4 Å². The summed E-state index contributed by atoms with van der Waals surface area (Å²) in [6.07, 6.45) is 2.00. The highest BCUT2D eigenvalue weighted by Gasteiger charge is 2.38. The minimum atomic E-state index is -0.356. The summed E-state index contributed by atoms with van der Waals surface area (Å²) >= 11 is 0. The van der Waals surface area contributed by atoms with Crippen LogP contribution in [0.3, 0.4) is 0 Å². The molecule has 2 bridgehead atoms. The van der Waals surface area contributed by atoms with Gasteiger partial charge in [0.15, 0.2) is 11.5 Å². The maximum atomic E-state index is 13.1. The van der Waals surface area contributed by atoms with E-state index < -0.39 is 0 Å². The summed E-state index contributed by atoms with van der Waals surface area (Å²) in [6.45, 7) is 3.02. The predicted octanol–water partition coefficient (Wildman–Crippen LogP) is 2.97. The van der Waals surface area contributed by atoms with E-state index in [9.17, 15) is 19.4 Å². The average molecular weight is 370 g/mol. The second-order valence-electron chi connectivity index (χ2n) is 7.55. The fraction of sp³-hybridized carbons (Fsp3) is 0.381. The number of piperidine rings is 1. The maximum absolute atomic E-state index is 13.1. The van der Waals surface area contributed by atoms with Crippen LogP contribution in [0.1, 0.15) is 28.8 Å². The molecule has 3 aliphatic heterocycles. The number of hydrogen-bond donors (Lipinski definition) is 2. The number of carbonyl (C=O) groups excluding carboxylic acids is 1. The van der Waals surface area contributed by atoms with Gasteiger partial charge in [0.2, 0.25) is 0 Å². The number of phenolic OH excluding ortho intramolecular Hbond substituents is 2. The minimum absolute atomic E-state index is 0.0680. The molecule has 5 rings (SSSR count). The van der Waals surface area contributed by atoms with Gasteiger partial charge in [-0.25, -0.2) is 4.39 Å². The van der Waals surface area contributed by atoms with E-state index in [-0.39, 0.29) is 34.8 Å². The molecule has 3 fully saturated rings. The topological polar surface area (TPSA) is 64.0 Å². The Morgan fingerprint density at radius 3 is 2.59 bits per heavy atom. The lowest BCUT2D eigenvalue weighted by molar-refractivity contribution is 0.0581. The van der Waals surface area contributed by atoms with E-state index in [4.69, 9.17) is 0 Å². The number of phenols is 2. The van der Waals surface area contributed by atoms with E-state index in [1.165, 1.54) is 18.2 Å². The number of amides is 1. The molecular formula is C21H23FN2O3. The van der Waals surface area contributed by atoms with Crippen molar-refractivity contribution in [3.8, 4) is 11.5 Å². The molecule has 1 amide bonds. The van der Waals surface area contributed by atoms with Gasteiger partial charge in [-0.05, 0) is 48.6 Å². The summed E-state index contributed by atoms with van der Waals surface area (Å²) in [5, 5.41) is 19.8. The molecule has 5 nitrogen and oxygen atoms in total. The molecule has 142 valence electrons. The maximum Gasteiger partial charge on any atom is 0.258 e. The molecule has 2 aromatic carbocycles. The zero-order valence-corrected chi connectivity index (χ0v) is 15.0. The lowest BCUT2D eigenvalue weighted by Gasteiger charge is -2.36. The number of benzene rings is 2. The standard InChI is InChI=1S/C21H23FN2O3/c22-16-7-4-14(5-8-16)10-23-11-15-6-9-17(13-23)24(12-15)21(27)18-2-1-3-19(25)20(18)26/h1-5,7-8,15,17,25-26H,6,9-13H2/t15-,17+/m0/s1. The molecule has 3 heterocycles. The predicted molar refractivity (Wildman–Crippen MR) is 99.0 cm³/mol. The van der Waals surface area contributed by atoms with Crippen LogP contribution >= 0.6 is 0 Å². The fourth-order valence-corrected chi connectivity index (χ4v) is 4.26. The van der Waals surface area contributed by atoms with Crippen molar-refractivity contribution in [2.45, 2.75) is 25.4 Å². The Hall–Kier alpha value is -2.60. The first-order chi connectivity index (χ1) is 13.0. The number of halogens is 1. The number of hydrogen-bond acceptors (Lipinski definition) is 4. The van der Waals surface area contributed by atoms with Crippen LogP contribution in [0, 0.1) is 11.7 Å². The third kappa shape index (κ3) is 3.62. The summed E-state index contributed by atoms with van der Waals surface area (Å²) in [5.74, 6) is -0.740. The normalized spacial score (nSPS) is 22.6. The first-order valence-corrected chi connectivity index (χ1v) is 9.30. The molecule has 3 aliphatic rings. The van der Waals surface area contributed by atoms with Crippen molar-refractivity contribution in [2.75, 3.05) is 19.6 Å². The van der Waals surface area contributed by atoms with E-state index in [0.29, 0.717) is 12.5 Å². The van der Waals surface area contributed by atoms with E-state index in [2.05, 4.69) is 4.90 Å². The van der Waals surface area contributed by atoms with E-state index in [1.54, 1.807) is 24.3 Å². The van der Waals surface area contributed by atoms with Gasteiger partial charge in [-0.15, -0.1) is 0 Å². The monoisotopic (exact) mass is 370 g/mol. The molecule has 2 aromatic rings. The molecule has 2 atom stereocenters. The van der Waals surface area contributed by atoms with Crippen molar-refractivity contribution >= 4 is 5.91 Å². The van der Waals surface area contributed by atoms with Gasteiger partial charge in [0.1, 0.15) is 5.82 Å². The summed E-state index contributed by atoms with van der Waals surface area (Å²) in [4.78, 5) is 17.2. The number of carbonyl (C=O) groups is 1. The summed E-state index contributed by atoms with van der Waals surface area (Å²) < 4.78 is 13.1. The Kier molecular flexibility index (Phi) is 4.74. The first-order valence-electron chi connectivity index (χ1n) is 9.30. The molecule has 0 aliphatic carbocycles. The van der Waals surface area contributed by atoms with Crippen molar-refractivity contribution < 1.29 is 19.4 Å². The van der Waals surface area contributed by atoms with E-state index >= 15 is 0 Å². The molecule has 0 unspecified atom stereocenters. The number of nitrogens with zero attached hydrogens (tertiary/aromatic N) is 2. The highest BCUT2D eigenvalue weighted by molar-refractivity contribution is 5.97. The molecule has 3 saturated heterocycles. The van der Waals surface area contributed by atoms with Gasteiger partial charge in [0, 0.05) is 32.2 Å². The van der Waals surface area contributed by atoms with Crippen molar-refractivity contribution in [2.24, 2.45) is 5.92 Å². The lowest BCUT2D eigenvalue weighted by atomic mass is 9.94. The van der Waals surface area contributed by atoms with Gasteiger partial charge >= 0.3 is 0 Å². The van der Waals surface area contributed by atoms with Crippen LogP contribution in [-0.2, 0) is 6.54 Å². The fourth-order valence-electron chi connectivity index (χ4n) is 4.26. The number of para-hydroxylation sites is 1. The van der Waals surface area contributed by atoms with Crippen molar-refractivity contribution in [3.63, 3.8) is 0 Å². The van der Waals surface area contributed by atoms with Crippen LogP contribution in [0.15, 0.2) is 42.5 Å². The van der Waals surface area contributed by atoms with Gasteiger partial charge in [0.05, 0.1) is 5.56 Å². The molecule has 27 heavy (non-hydrogen) atoms. The van der Waals surface area contributed by atoms with Crippen LogP contribution in [-0.4, -0.2) is 51.6 Å². The Balaban J connectivity index is 1.52. The number of rotatable bonds is 3. The highest BCUT2D eigenvalue weighted by atomic mass is 19.1. The zero-order chi connectivity index (χ0) is 19.0. The van der Waals surface area contributed by atoms with Gasteiger partial charge in [-0.1, -0.05) is 18.2 Å². The average Bonchev–Trinajstić information content (AvgIpc) is 2.96. The van der Waals surface area contributed by atoms with Crippen LogP contribution in [0.4, 0.5) is 4.39 Å². The van der Waals surface area contributed by atoms with Gasteiger partial charge in [0.25, 0.3) is 5.91 Å². The van der Waals surface area contributed by atoms with Gasteiger partial charge in [-0.3, -0.25) is 9.69 Å². The summed E-state index contributed by atoms with van der Waals surface area (Å²) in [5.41, 5.74) is 1.20. The third-order valence-corrected chi connectivity index (χ3v) is 5.61. The van der Waals surface area contributed by atoms with Gasteiger partial charge < -0.3 is 15.1 Å². The van der Waals surface area contributed by atoms with Crippen molar-refractivity contribution in [1.29, 1.82) is 0 Å². The summed E-state index contributed by atoms with van der Waals surface area (Å²) in [6, 6.07) is 11.1. The molecule has 6 heteroatoms. The minimum Gasteiger partial charge on any atom is -0.504 e. The van der Waals surface area contributed by atoms with Crippen LogP contribution < -0.4 is 0 Å². The Morgan fingerprint density at radius 1 is 1.04 bits per heavy atom. The Bertz CT molecular complexity index is 840. The second-order valence-corrected chi connectivity index (χ2v) is 7.55.